The highest BCUT2D eigenvalue weighted by molar-refractivity contribution is 7.90. The van der Waals surface area contributed by atoms with Gasteiger partial charge in [-0.1, -0.05) is 18.2 Å². The largest absolute Gasteiger partial charge is 0.316 e. The zero-order valence-electron chi connectivity index (χ0n) is 11.3. The molecule has 0 unspecified atom stereocenters. The average Bonchev–Trinajstić information content (AvgIpc) is 2.30. The zero-order chi connectivity index (χ0) is 13.8. The lowest BCUT2D eigenvalue weighted by Gasteiger charge is -2.22. The first kappa shape index (κ1) is 14.9. The summed E-state index contributed by atoms with van der Waals surface area (Å²) in [6, 6.07) is 7.27. The van der Waals surface area contributed by atoms with Crippen molar-refractivity contribution in [3.05, 3.63) is 29.8 Å². The third kappa shape index (κ3) is 3.69. The van der Waals surface area contributed by atoms with Gasteiger partial charge in [0.2, 0.25) is 0 Å². The van der Waals surface area contributed by atoms with Gasteiger partial charge in [0.15, 0.2) is 0 Å². The molecule has 0 fully saturated rings. The summed E-state index contributed by atoms with van der Waals surface area (Å²) < 4.78 is 28.1. The van der Waals surface area contributed by atoms with Gasteiger partial charge >= 0.3 is 10.2 Å². The van der Waals surface area contributed by atoms with Crippen molar-refractivity contribution in [1.82, 2.24) is 9.62 Å². The van der Waals surface area contributed by atoms with Crippen LogP contribution in [0.4, 0.5) is 5.69 Å². The number of hydrogen-bond acceptors (Lipinski definition) is 3. The summed E-state index contributed by atoms with van der Waals surface area (Å²) in [7, 11) is -0.110. The summed E-state index contributed by atoms with van der Waals surface area (Å²) in [4.78, 5) is 0. The van der Waals surface area contributed by atoms with E-state index in [1.807, 2.05) is 39.1 Å². The summed E-state index contributed by atoms with van der Waals surface area (Å²) in [6.45, 7) is 4.28. The minimum absolute atomic E-state index is 0.0843. The van der Waals surface area contributed by atoms with E-state index in [1.54, 1.807) is 13.1 Å². The molecule has 0 heterocycles. The van der Waals surface area contributed by atoms with E-state index < -0.39 is 10.2 Å². The highest BCUT2D eigenvalue weighted by atomic mass is 32.2. The Balaban J connectivity index is 2.97. The van der Waals surface area contributed by atoms with Crippen molar-refractivity contribution in [3.8, 4) is 0 Å². The Hall–Kier alpha value is -1.11. The number of nitrogens with zero attached hydrogens (tertiary/aromatic N) is 1. The highest BCUT2D eigenvalue weighted by Crippen LogP contribution is 2.17. The van der Waals surface area contributed by atoms with Crippen LogP contribution in [0.3, 0.4) is 0 Å². The van der Waals surface area contributed by atoms with Gasteiger partial charge in [-0.3, -0.25) is 4.72 Å². The molecule has 0 radical (unpaired) electrons. The Morgan fingerprint density at radius 2 is 1.89 bits per heavy atom. The Morgan fingerprint density at radius 1 is 1.28 bits per heavy atom. The molecular weight excluding hydrogens is 250 g/mol. The molecule has 0 aliphatic rings. The van der Waals surface area contributed by atoms with Crippen LogP contribution >= 0.6 is 0 Å². The molecule has 0 spiro atoms. The Kier molecular flexibility index (Phi) is 5.13. The van der Waals surface area contributed by atoms with Crippen molar-refractivity contribution in [2.24, 2.45) is 0 Å². The molecular formula is C12H21N3O2S. The first-order valence-electron chi connectivity index (χ1n) is 5.86. The molecule has 6 heteroatoms. The summed E-state index contributed by atoms with van der Waals surface area (Å²) in [5, 5.41) is 3.01. The van der Waals surface area contributed by atoms with Crippen LogP contribution in [0.25, 0.3) is 0 Å². The Bertz CT molecular complexity index is 486. The number of para-hydroxylation sites is 1. The number of nitrogens with one attached hydrogen (secondary N) is 2. The number of benzene rings is 1. The van der Waals surface area contributed by atoms with E-state index in [4.69, 9.17) is 0 Å². The SMILES string of the molecule is CNCc1ccccc1NS(=O)(=O)N(C)C(C)C. The van der Waals surface area contributed by atoms with Gasteiger partial charge in [0.05, 0.1) is 5.69 Å². The van der Waals surface area contributed by atoms with Gasteiger partial charge in [0.1, 0.15) is 0 Å². The van der Waals surface area contributed by atoms with Crippen LogP contribution in [-0.4, -0.2) is 32.9 Å². The van der Waals surface area contributed by atoms with E-state index >= 15 is 0 Å². The van der Waals surface area contributed by atoms with Gasteiger partial charge in [-0.25, -0.2) is 0 Å². The van der Waals surface area contributed by atoms with E-state index in [-0.39, 0.29) is 6.04 Å². The third-order valence-electron chi connectivity index (χ3n) is 2.73. The normalized spacial score (nSPS) is 12.1. The van der Waals surface area contributed by atoms with Crippen LogP contribution in [0.1, 0.15) is 19.4 Å². The van der Waals surface area contributed by atoms with E-state index in [9.17, 15) is 8.42 Å². The van der Waals surface area contributed by atoms with Crippen LogP contribution in [0.2, 0.25) is 0 Å². The second kappa shape index (κ2) is 6.17. The summed E-state index contributed by atoms with van der Waals surface area (Å²) in [5.74, 6) is 0. The number of anilines is 1. The molecule has 0 bridgehead atoms. The van der Waals surface area contributed by atoms with Crippen molar-refractivity contribution in [2.75, 3.05) is 18.8 Å². The maximum Gasteiger partial charge on any atom is 0.301 e. The molecule has 0 saturated carbocycles. The second-order valence-electron chi connectivity index (χ2n) is 4.40. The Labute approximate surface area is 109 Å². The lowest BCUT2D eigenvalue weighted by molar-refractivity contribution is 0.414. The van der Waals surface area contributed by atoms with E-state index in [0.29, 0.717) is 12.2 Å². The van der Waals surface area contributed by atoms with Crippen LogP contribution in [0.5, 0.6) is 0 Å². The molecule has 18 heavy (non-hydrogen) atoms. The third-order valence-corrected chi connectivity index (χ3v) is 4.39. The molecule has 1 rings (SSSR count). The molecule has 0 aliphatic carbocycles. The van der Waals surface area contributed by atoms with Gasteiger partial charge in [-0.05, 0) is 32.5 Å². The molecule has 0 aliphatic heterocycles. The lowest BCUT2D eigenvalue weighted by Crippen LogP contribution is -2.37. The molecule has 1 aromatic rings. The number of rotatable bonds is 6. The molecule has 0 aromatic heterocycles. The molecule has 5 nitrogen and oxygen atoms in total. The fourth-order valence-electron chi connectivity index (χ4n) is 1.45. The zero-order valence-corrected chi connectivity index (χ0v) is 12.1. The quantitative estimate of drug-likeness (QED) is 0.822. The van der Waals surface area contributed by atoms with E-state index in [2.05, 4.69) is 10.0 Å². The molecule has 1 aromatic carbocycles. The smallest absolute Gasteiger partial charge is 0.301 e. The lowest BCUT2D eigenvalue weighted by atomic mass is 10.2. The molecule has 0 atom stereocenters. The predicted octanol–water partition coefficient (Wildman–Crippen LogP) is 1.40. The maximum absolute atomic E-state index is 12.1. The summed E-state index contributed by atoms with van der Waals surface area (Å²) >= 11 is 0. The van der Waals surface area contributed by atoms with E-state index in [0.717, 1.165) is 5.56 Å². The highest BCUT2D eigenvalue weighted by Gasteiger charge is 2.20. The van der Waals surface area contributed by atoms with Crippen LogP contribution in [0, 0.1) is 0 Å². The maximum atomic E-state index is 12.1. The van der Waals surface area contributed by atoms with E-state index in [1.165, 1.54) is 4.31 Å². The first-order chi connectivity index (χ1) is 8.38. The fraction of sp³-hybridized carbons (Fsp3) is 0.500. The summed E-state index contributed by atoms with van der Waals surface area (Å²) in [6.07, 6.45) is 0. The van der Waals surface area contributed by atoms with Gasteiger partial charge in [-0.2, -0.15) is 12.7 Å². The van der Waals surface area contributed by atoms with Crippen LogP contribution < -0.4 is 10.0 Å². The van der Waals surface area contributed by atoms with Crippen molar-refractivity contribution in [2.45, 2.75) is 26.4 Å². The molecule has 2 N–H and O–H groups in total. The average molecular weight is 271 g/mol. The van der Waals surface area contributed by atoms with Crippen molar-refractivity contribution < 1.29 is 8.42 Å². The molecule has 0 amide bonds. The molecule has 0 saturated heterocycles. The topological polar surface area (TPSA) is 61.4 Å². The van der Waals surface area contributed by atoms with Gasteiger partial charge in [-0.15, -0.1) is 0 Å². The van der Waals surface area contributed by atoms with Gasteiger partial charge in [0, 0.05) is 19.6 Å². The van der Waals surface area contributed by atoms with Crippen molar-refractivity contribution in [1.29, 1.82) is 0 Å². The predicted molar refractivity (Wildman–Crippen MR) is 74.6 cm³/mol. The first-order valence-corrected chi connectivity index (χ1v) is 7.30. The Morgan fingerprint density at radius 3 is 2.44 bits per heavy atom. The number of hydrogen-bond donors (Lipinski definition) is 2. The van der Waals surface area contributed by atoms with Crippen molar-refractivity contribution in [3.63, 3.8) is 0 Å². The van der Waals surface area contributed by atoms with Crippen molar-refractivity contribution >= 4 is 15.9 Å². The minimum atomic E-state index is -3.50. The van der Waals surface area contributed by atoms with Gasteiger partial charge < -0.3 is 5.32 Å². The second-order valence-corrected chi connectivity index (χ2v) is 6.13. The van der Waals surface area contributed by atoms with Crippen LogP contribution in [0.15, 0.2) is 24.3 Å². The standard InChI is InChI=1S/C12H21N3O2S/c1-10(2)15(4)18(16,17)14-12-8-6-5-7-11(12)9-13-3/h5-8,10,13-14H,9H2,1-4H3. The molecule has 102 valence electrons. The monoisotopic (exact) mass is 271 g/mol. The minimum Gasteiger partial charge on any atom is -0.316 e. The van der Waals surface area contributed by atoms with Crippen LogP contribution in [-0.2, 0) is 16.8 Å². The summed E-state index contributed by atoms with van der Waals surface area (Å²) in [5.41, 5.74) is 1.53. The fourth-order valence-corrected chi connectivity index (χ4v) is 2.63. The van der Waals surface area contributed by atoms with Gasteiger partial charge in [0.25, 0.3) is 0 Å².